The molecule has 0 aromatic heterocycles. The van der Waals surface area contributed by atoms with Crippen molar-refractivity contribution in [3.8, 4) is 0 Å². The fourth-order valence-electron chi connectivity index (χ4n) is 3.36. The molecular weight excluding hydrogens is 214 g/mol. The van der Waals surface area contributed by atoms with Crippen LogP contribution in [0.25, 0.3) is 0 Å². The van der Waals surface area contributed by atoms with Crippen molar-refractivity contribution in [1.29, 1.82) is 0 Å². The Kier molecular flexibility index (Phi) is 5.02. The van der Waals surface area contributed by atoms with Crippen molar-refractivity contribution in [3.05, 3.63) is 0 Å². The molecule has 0 bridgehead atoms. The van der Waals surface area contributed by atoms with E-state index in [1.54, 1.807) is 0 Å². The maximum Gasteiger partial charge on any atom is 0.00918 e. The topological polar surface area (TPSA) is 3.24 Å². The van der Waals surface area contributed by atoms with Crippen molar-refractivity contribution in [2.24, 2.45) is 17.8 Å². The number of nitrogens with zero attached hydrogens (tertiary/aromatic N) is 1. The summed E-state index contributed by atoms with van der Waals surface area (Å²) in [5, 5.41) is 0. The zero-order valence-electron chi connectivity index (χ0n) is 11.0. The first-order chi connectivity index (χ1) is 7.78. The van der Waals surface area contributed by atoms with Crippen LogP contribution in [0.5, 0.6) is 0 Å². The summed E-state index contributed by atoms with van der Waals surface area (Å²) in [6.07, 6.45) is 12.7. The van der Waals surface area contributed by atoms with Crippen LogP contribution >= 0.6 is 11.9 Å². The SMILES string of the molecule is CSN1CCC(CC2CCC(C)CC2)CC1. The molecule has 0 aromatic rings. The molecule has 16 heavy (non-hydrogen) atoms. The van der Waals surface area contributed by atoms with Crippen molar-refractivity contribution in [3.63, 3.8) is 0 Å². The predicted molar refractivity (Wildman–Crippen MR) is 73.6 cm³/mol. The van der Waals surface area contributed by atoms with Gasteiger partial charge in [-0.2, -0.15) is 0 Å². The molecule has 1 aliphatic heterocycles. The molecule has 2 heteroatoms. The van der Waals surface area contributed by atoms with Crippen molar-refractivity contribution < 1.29 is 0 Å². The summed E-state index contributed by atoms with van der Waals surface area (Å²) in [5.41, 5.74) is 0. The largest absolute Gasteiger partial charge is 0.251 e. The smallest absolute Gasteiger partial charge is 0.00918 e. The second-order valence-electron chi connectivity index (χ2n) is 5.92. The lowest BCUT2D eigenvalue weighted by atomic mass is 9.77. The Morgan fingerprint density at radius 2 is 1.50 bits per heavy atom. The molecule has 0 amide bonds. The van der Waals surface area contributed by atoms with E-state index in [1.165, 1.54) is 58.0 Å². The van der Waals surface area contributed by atoms with Crippen molar-refractivity contribution in [1.82, 2.24) is 4.31 Å². The first-order valence-corrected chi connectivity index (χ1v) is 8.25. The van der Waals surface area contributed by atoms with E-state index >= 15 is 0 Å². The van der Waals surface area contributed by atoms with E-state index in [9.17, 15) is 0 Å². The van der Waals surface area contributed by atoms with Gasteiger partial charge in [0.15, 0.2) is 0 Å². The van der Waals surface area contributed by atoms with E-state index in [-0.39, 0.29) is 0 Å². The highest BCUT2D eigenvalue weighted by atomic mass is 32.2. The summed E-state index contributed by atoms with van der Waals surface area (Å²) in [7, 11) is 0. The minimum atomic E-state index is 1.01. The Balaban J connectivity index is 1.66. The molecule has 94 valence electrons. The Bertz CT molecular complexity index is 191. The van der Waals surface area contributed by atoms with Gasteiger partial charge in [-0.25, -0.2) is 0 Å². The van der Waals surface area contributed by atoms with Crippen molar-refractivity contribution >= 4 is 11.9 Å². The first kappa shape index (κ1) is 12.8. The maximum atomic E-state index is 2.53. The summed E-state index contributed by atoms with van der Waals surface area (Å²) in [6.45, 7) is 5.08. The molecule has 0 radical (unpaired) electrons. The van der Waals surface area contributed by atoms with Crippen LogP contribution in [0.3, 0.4) is 0 Å². The van der Waals surface area contributed by atoms with E-state index in [0.29, 0.717) is 0 Å². The van der Waals surface area contributed by atoms with E-state index < -0.39 is 0 Å². The number of hydrogen-bond donors (Lipinski definition) is 0. The van der Waals surface area contributed by atoms with Crippen LogP contribution in [0.2, 0.25) is 0 Å². The minimum absolute atomic E-state index is 1.01. The predicted octanol–water partition coefficient (Wildman–Crippen LogP) is 4.19. The minimum Gasteiger partial charge on any atom is -0.251 e. The van der Waals surface area contributed by atoms with Gasteiger partial charge < -0.3 is 0 Å². The van der Waals surface area contributed by atoms with Gasteiger partial charge in [-0.15, -0.1) is 0 Å². The van der Waals surface area contributed by atoms with Crippen molar-refractivity contribution in [2.75, 3.05) is 19.3 Å². The molecule has 1 aliphatic carbocycles. The lowest BCUT2D eigenvalue weighted by Gasteiger charge is -2.34. The molecular formula is C14H27NS. The quantitative estimate of drug-likeness (QED) is 0.682. The molecule has 1 saturated carbocycles. The maximum absolute atomic E-state index is 2.53. The lowest BCUT2D eigenvalue weighted by molar-refractivity contribution is 0.203. The van der Waals surface area contributed by atoms with Gasteiger partial charge >= 0.3 is 0 Å². The van der Waals surface area contributed by atoms with Gasteiger partial charge in [-0.05, 0) is 43.3 Å². The van der Waals surface area contributed by atoms with Gasteiger partial charge in [0, 0.05) is 13.1 Å². The van der Waals surface area contributed by atoms with E-state index in [1.807, 2.05) is 11.9 Å². The Morgan fingerprint density at radius 3 is 2.06 bits per heavy atom. The fraction of sp³-hybridized carbons (Fsp3) is 1.00. The number of rotatable bonds is 3. The van der Waals surface area contributed by atoms with Gasteiger partial charge in [0.2, 0.25) is 0 Å². The molecule has 0 spiro atoms. The van der Waals surface area contributed by atoms with Gasteiger partial charge in [0.25, 0.3) is 0 Å². The molecule has 2 rings (SSSR count). The Labute approximate surface area is 105 Å². The summed E-state index contributed by atoms with van der Waals surface area (Å²) < 4.78 is 2.53. The van der Waals surface area contributed by atoms with Crippen LogP contribution in [-0.2, 0) is 0 Å². The highest BCUT2D eigenvalue weighted by Crippen LogP contribution is 2.35. The summed E-state index contributed by atoms with van der Waals surface area (Å²) in [4.78, 5) is 0. The third kappa shape index (κ3) is 3.66. The van der Waals surface area contributed by atoms with Crippen LogP contribution in [-0.4, -0.2) is 23.7 Å². The van der Waals surface area contributed by atoms with Crippen molar-refractivity contribution in [2.45, 2.75) is 51.9 Å². The zero-order valence-corrected chi connectivity index (χ0v) is 11.8. The highest BCUT2D eigenvalue weighted by molar-refractivity contribution is 7.96. The molecule has 2 aliphatic rings. The van der Waals surface area contributed by atoms with Crippen LogP contribution in [0.15, 0.2) is 0 Å². The second-order valence-corrected chi connectivity index (χ2v) is 6.80. The molecule has 0 aromatic carbocycles. The molecule has 2 fully saturated rings. The van der Waals surface area contributed by atoms with Gasteiger partial charge in [0.1, 0.15) is 0 Å². The normalized spacial score (nSPS) is 34.1. The summed E-state index contributed by atoms with van der Waals surface area (Å²) >= 11 is 1.93. The zero-order chi connectivity index (χ0) is 11.4. The van der Waals surface area contributed by atoms with Crippen LogP contribution in [0.4, 0.5) is 0 Å². The first-order valence-electron chi connectivity index (χ1n) is 7.07. The third-order valence-electron chi connectivity index (χ3n) is 4.63. The average Bonchev–Trinajstić information content (AvgIpc) is 2.33. The van der Waals surface area contributed by atoms with Crippen LogP contribution in [0, 0.1) is 17.8 Å². The van der Waals surface area contributed by atoms with Crippen LogP contribution in [0.1, 0.15) is 51.9 Å². The monoisotopic (exact) mass is 241 g/mol. The summed E-state index contributed by atoms with van der Waals surface area (Å²) in [6, 6.07) is 0. The molecule has 0 N–H and O–H groups in total. The van der Waals surface area contributed by atoms with Gasteiger partial charge in [0.05, 0.1) is 0 Å². The molecule has 1 heterocycles. The fourth-order valence-corrected chi connectivity index (χ4v) is 3.94. The standard InChI is InChI=1S/C14H27NS/c1-12-3-5-13(6-4-12)11-14-7-9-15(16-2)10-8-14/h12-14H,3-11H2,1-2H3. The highest BCUT2D eigenvalue weighted by Gasteiger charge is 2.24. The Hall–Kier alpha value is 0.310. The van der Waals surface area contributed by atoms with E-state index in [2.05, 4.69) is 17.5 Å². The Morgan fingerprint density at radius 1 is 0.938 bits per heavy atom. The molecule has 0 unspecified atom stereocenters. The van der Waals surface area contributed by atoms with E-state index in [0.717, 1.165) is 17.8 Å². The average molecular weight is 241 g/mol. The third-order valence-corrected chi connectivity index (χ3v) is 5.52. The van der Waals surface area contributed by atoms with Gasteiger partial charge in [-0.3, -0.25) is 4.31 Å². The molecule has 1 nitrogen and oxygen atoms in total. The van der Waals surface area contributed by atoms with Gasteiger partial charge in [-0.1, -0.05) is 44.6 Å². The van der Waals surface area contributed by atoms with E-state index in [4.69, 9.17) is 0 Å². The summed E-state index contributed by atoms with van der Waals surface area (Å²) in [5.74, 6) is 3.12. The van der Waals surface area contributed by atoms with Crippen LogP contribution < -0.4 is 0 Å². The molecule has 1 saturated heterocycles. The molecule has 0 atom stereocenters. The number of hydrogen-bond acceptors (Lipinski definition) is 2. The second kappa shape index (κ2) is 6.30. The number of piperidine rings is 1. The lowest BCUT2D eigenvalue weighted by Crippen LogP contribution is -2.29.